The molecule has 2 rings (SSSR count). The minimum Gasteiger partial charge on any atom is -0.355 e. The maximum atomic E-state index is 12.0. The summed E-state index contributed by atoms with van der Waals surface area (Å²) in [6.45, 7) is -0.0393. The summed E-state index contributed by atoms with van der Waals surface area (Å²) in [4.78, 5) is 23.6. The molecule has 0 fully saturated rings. The van der Waals surface area contributed by atoms with E-state index in [0.29, 0.717) is 11.3 Å². The van der Waals surface area contributed by atoms with Crippen molar-refractivity contribution in [2.24, 2.45) is 0 Å². The lowest BCUT2D eigenvalue weighted by atomic mass is 10.2. The number of carbonyl (C=O) groups excluding carboxylic acids is 2. The molecular formula is C19H21N3O4S. The third-order valence-electron chi connectivity index (χ3n) is 3.53. The third kappa shape index (κ3) is 7.04. The molecule has 3 N–H and O–H groups in total. The highest BCUT2D eigenvalue weighted by Gasteiger charge is 2.09. The van der Waals surface area contributed by atoms with E-state index in [9.17, 15) is 18.0 Å². The van der Waals surface area contributed by atoms with Crippen molar-refractivity contribution in [3.63, 3.8) is 0 Å². The van der Waals surface area contributed by atoms with Crippen molar-refractivity contribution >= 4 is 33.6 Å². The van der Waals surface area contributed by atoms with E-state index in [2.05, 4.69) is 15.4 Å². The first-order valence-corrected chi connectivity index (χ1v) is 9.79. The largest absolute Gasteiger partial charge is 0.355 e. The normalized spacial score (nSPS) is 11.3. The summed E-state index contributed by atoms with van der Waals surface area (Å²) in [5.74, 6) is -0.622. The Balaban J connectivity index is 1.83. The molecule has 0 radical (unpaired) electrons. The Morgan fingerprint density at radius 3 is 2.48 bits per heavy atom. The van der Waals surface area contributed by atoms with Gasteiger partial charge in [0.2, 0.25) is 15.9 Å². The monoisotopic (exact) mass is 387 g/mol. The molecule has 2 aromatic carbocycles. The second-order valence-electron chi connectivity index (χ2n) is 5.61. The molecule has 0 aliphatic carbocycles. The number of sulfonamides is 1. The molecule has 142 valence electrons. The zero-order valence-corrected chi connectivity index (χ0v) is 15.6. The molecule has 7 nitrogen and oxygen atoms in total. The molecule has 0 heterocycles. The maximum absolute atomic E-state index is 12.0. The summed E-state index contributed by atoms with van der Waals surface area (Å²) in [5, 5.41) is 6.20. The van der Waals surface area contributed by atoms with E-state index in [1.54, 1.807) is 36.4 Å². The SMILES string of the molecule is CNC(=O)c1cccc(NC(=O)CCNS(=O)(=O)C=Cc2ccccc2)c1. The number of rotatable bonds is 8. The highest BCUT2D eigenvalue weighted by molar-refractivity contribution is 7.92. The fraction of sp³-hybridized carbons (Fsp3) is 0.158. The summed E-state index contributed by atoms with van der Waals surface area (Å²) < 4.78 is 26.2. The van der Waals surface area contributed by atoms with E-state index >= 15 is 0 Å². The van der Waals surface area contributed by atoms with Crippen LogP contribution in [0.5, 0.6) is 0 Å². The molecule has 27 heavy (non-hydrogen) atoms. The van der Waals surface area contributed by atoms with Gasteiger partial charge in [0.1, 0.15) is 0 Å². The van der Waals surface area contributed by atoms with Crippen LogP contribution in [0.15, 0.2) is 60.0 Å². The van der Waals surface area contributed by atoms with Gasteiger partial charge in [0.25, 0.3) is 5.91 Å². The smallest absolute Gasteiger partial charge is 0.251 e. The molecule has 0 aromatic heterocycles. The van der Waals surface area contributed by atoms with E-state index in [0.717, 1.165) is 11.0 Å². The van der Waals surface area contributed by atoms with Crippen molar-refractivity contribution in [2.45, 2.75) is 6.42 Å². The Hall–Kier alpha value is -2.97. The van der Waals surface area contributed by atoms with Crippen LogP contribution < -0.4 is 15.4 Å². The summed E-state index contributed by atoms with van der Waals surface area (Å²) >= 11 is 0. The Labute approximate surface area is 158 Å². The first-order valence-electron chi connectivity index (χ1n) is 8.24. The molecule has 0 spiro atoms. The second kappa shape index (κ2) is 9.65. The van der Waals surface area contributed by atoms with Crippen LogP contribution in [0.1, 0.15) is 22.3 Å². The molecule has 0 bridgehead atoms. The lowest BCUT2D eigenvalue weighted by Crippen LogP contribution is -2.26. The first kappa shape index (κ1) is 20.3. The number of nitrogens with one attached hydrogen (secondary N) is 3. The molecule has 0 saturated heterocycles. The molecular weight excluding hydrogens is 366 g/mol. The zero-order valence-electron chi connectivity index (χ0n) is 14.8. The Kier molecular flexibility index (Phi) is 7.27. The van der Waals surface area contributed by atoms with Gasteiger partial charge in [-0.2, -0.15) is 0 Å². The van der Waals surface area contributed by atoms with Crippen molar-refractivity contribution in [1.29, 1.82) is 0 Å². The third-order valence-corrected chi connectivity index (χ3v) is 4.63. The Morgan fingerprint density at radius 2 is 1.78 bits per heavy atom. The van der Waals surface area contributed by atoms with Crippen LogP contribution in [-0.4, -0.2) is 33.8 Å². The van der Waals surface area contributed by atoms with Crippen LogP contribution in [-0.2, 0) is 14.8 Å². The van der Waals surface area contributed by atoms with Crippen LogP contribution in [0.3, 0.4) is 0 Å². The van der Waals surface area contributed by atoms with Crippen molar-refractivity contribution in [3.05, 3.63) is 71.1 Å². The second-order valence-corrected chi connectivity index (χ2v) is 7.26. The molecule has 0 aliphatic heterocycles. The Morgan fingerprint density at radius 1 is 1.04 bits per heavy atom. The number of benzene rings is 2. The predicted molar refractivity (Wildman–Crippen MR) is 105 cm³/mol. The molecule has 0 atom stereocenters. The fourth-order valence-electron chi connectivity index (χ4n) is 2.19. The molecule has 2 amide bonds. The van der Waals surface area contributed by atoms with Crippen molar-refractivity contribution in [2.75, 3.05) is 18.9 Å². The minimum atomic E-state index is -3.63. The average molecular weight is 387 g/mol. The van der Waals surface area contributed by atoms with Crippen molar-refractivity contribution < 1.29 is 18.0 Å². The quantitative estimate of drug-likeness (QED) is 0.644. The van der Waals surface area contributed by atoms with Crippen LogP contribution in [0.4, 0.5) is 5.69 Å². The van der Waals surface area contributed by atoms with Gasteiger partial charge in [-0.25, -0.2) is 13.1 Å². The van der Waals surface area contributed by atoms with E-state index in [4.69, 9.17) is 0 Å². The van der Waals surface area contributed by atoms with Gasteiger partial charge in [0, 0.05) is 36.7 Å². The van der Waals surface area contributed by atoms with Gasteiger partial charge >= 0.3 is 0 Å². The summed E-state index contributed by atoms with van der Waals surface area (Å²) in [6, 6.07) is 15.5. The summed E-state index contributed by atoms with van der Waals surface area (Å²) in [6.07, 6.45) is 1.44. The lowest BCUT2D eigenvalue weighted by molar-refractivity contribution is -0.116. The number of anilines is 1. The zero-order chi connectivity index (χ0) is 19.7. The highest BCUT2D eigenvalue weighted by Crippen LogP contribution is 2.11. The number of hydrogen-bond donors (Lipinski definition) is 3. The molecule has 0 unspecified atom stereocenters. The van der Waals surface area contributed by atoms with E-state index < -0.39 is 10.0 Å². The number of hydrogen-bond acceptors (Lipinski definition) is 4. The van der Waals surface area contributed by atoms with Gasteiger partial charge in [-0.3, -0.25) is 9.59 Å². The van der Waals surface area contributed by atoms with Crippen molar-refractivity contribution in [3.8, 4) is 0 Å². The lowest BCUT2D eigenvalue weighted by Gasteiger charge is -2.07. The molecule has 8 heteroatoms. The van der Waals surface area contributed by atoms with E-state index in [1.165, 1.54) is 13.1 Å². The van der Waals surface area contributed by atoms with Gasteiger partial charge in [-0.1, -0.05) is 36.4 Å². The van der Waals surface area contributed by atoms with Crippen molar-refractivity contribution in [1.82, 2.24) is 10.0 Å². The molecule has 0 aliphatic rings. The standard InChI is InChI=1S/C19H21N3O4S/c1-20-19(24)16-8-5-9-17(14-16)22-18(23)10-12-21-27(25,26)13-11-15-6-3-2-4-7-15/h2-9,11,13-14,21H,10,12H2,1H3,(H,20,24)(H,22,23). The number of amides is 2. The first-order chi connectivity index (χ1) is 12.9. The van der Waals surface area contributed by atoms with Crippen LogP contribution in [0, 0.1) is 0 Å². The molecule has 2 aromatic rings. The predicted octanol–water partition coefficient (Wildman–Crippen LogP) is 1.97. The number of carbonyl (C=O) groups is 2. The van der Waals surface area contributed by atoms with E-state index in [-0.39, 0.29) is 24.8 Å². The van der Waals surface area contributed by atoms with Gasteiger partial charge in [-0.15, -0.1) is 0 Å². The van der Waals surface area contributed by atoms with Gasteiger partial charge in [0.05, 0.1) is 0 Å². The summed E-state index contributed by atoms with van der Waals surface area (Å²) in [5.41, 5.74) is 1.64. The maximum Gasteiger partial charge on any atom is 0.251 e. The minimum absolute atomic E-state index is 0.0391. The van der Waals surface area contributed by atoms with E-state index in [1.807, 2.05) is 18.2 Å². The topological polar surface area (TPSA) is 104 Å². The van der Waals surface area contributed by atoms with Gasteiger partial charge in [0.15, 0.2) is 0 Å². The Bertz CT molecular complexity index is 925. The van der Waals surface area contributed by atoms with Crippen LogP contribution >= 0.6 is 0 Å². The van der Waals surface area contributed by atoms with Gasteiger partial charge in [-0.05, 0) is 29.8 Å². The van der Waals surface area contributed by atoms with Gasteiger partial charge < -0.3 is 10.6 Å². The average Bonchev–Trinajstić information content (AvgIpc) is 2.66. The molecule has 0 saturated carbocycles. The summed E-state index contributed by atoms with van der Waals surface area (Å²) in [7, 11) is -2.11. The van der Waals surface area contributed by atoms with Crippen LogP contribution in [0.2, 0.25) is 0 Å². The fourth-order valence-corrected chi connectivity index (χ4v) is 3.01. The van der Waals surface area contributed by atoms with Crippen LogP contribution in [0.25, 0.3) is 6.08 Å². The highest BCUT2D eigenvalue weighted by atomic mass is 32.2.